The Hall–Kier alpha value is -2.27. The molecule has 0 bridgehead atoms. The molecule has 104 valence electrons. The van der Waals surface area contributed by atoms with Crippen LogP contribution in [0.1, 0.15) is 6.92 Å². The van der Waals surface area contributed by atoms with E-state index in [1.54, 1.807) is 24.3 Å². The van der Waals surface area contributed by atoms with Gasteiger partial charge in [0, 0.05) is 13.0 Å². The second-order valence-electron chi connectivity index (χ2n) is 4.08. The molecule has 0 aromatic heterocycles. The molecule has 0 saturated heterocycles. The summed E-state index contributed by atoms with van der Waals surface area (Å²) in [5, 5.41) is 2.54. The van der Waals surface area contributed by atoms with E-state index >= 15 is 0 Å². The Morgan fingerprint density at radius 3 is 2.70 bits per heavy atom. The molecule has 2 rings (SSSR count). The summed E-state index contributed by atoms with van der Waals surface area (Å²) in [6.07, 6.45) is 0. The first-order valence-corrected chi connectivity index (χ1v) is 6.14. The molecule has 0 aliphatic carbocycles. The van der Waals surface area contributed by atoms with Crippen LogP contribution in [-0.2, 0) is 4.79 Å². The zero-order valence-corrected chi connectivity index (χ0v) is 11.4. The van der Waals surface area contributed by atoms with Crippen molar-refractivity contribution in [3.63, 3.8) is 0 Å². The van der Waals surface area contributed by atoms with E-state index in [-0.39, 0.29) is 22.4 Å². The third-order valence-corrected chi connectivity index (χ3v) is 2.76. The number of nitrogen functional groups attached to an aromatic ring is 1. The van der Waals surface area contributed by atoms with Crippen LogP contribution in [0.15, 0.2) is 36.4 Å². The number of amides is 1. The standard InChI is InChI=1S/C14H12ClFN2O2/c1-8(19)18-12-4-2-3-5-13(12)20-14-7-10(16)9(15)6-11(14)17/h2-7H,17H2,1H3,(H,18,19). The maximum absolute atomic E-state index is 13.4. The van der Waals surface area contributed by atoms with Gasteiger partial charge in [-0.3, -0.25) is 4.79 Å². The molecule has 4 nitrogen and oxygen atoms in total. The van der Waals surface area contributed by atoms with E-state index < -0.39 is 5.82 Å². The molecule has 2 aromatic carbocycles. The number of nitrogens with two attached hydrogens (primary N) is 1. The van der Waals surface area contributed by atoms with Crippen molar-refractivity contribution in [2.75, 3.05) is 11.1 Å². The number of rotatable bonds is 3. The number of carbonyl (C=O) groups is 1. The third-order valence-electron chi connectivity index (χ3n) is 2.47. The maximum Gasteiger partial charge on any atom is 0.221 e. The molecule has 6 heteroatoms. The predicted octanol–water partition coefficient (Wildman–Crippen LogP) is 3.81. The highest BCUT2D eigenvalue weighted by Gasteiger charge is 2.11. The van der Waals surface area contributed by atoms with Crippen LogP contribution in [0.5, 0.6) is 11.5 Å². The summed E-state index contributed by atoms with van der Waals surface area (Å²) >= 11 is 5.62. The summed E-state index contributed by atoms with van der Waals surface area (Å²) < 4.78 is 19.0. The molecule has 1 amide bonds. The van der Waals surface area contributed by atoms with E-state index in [4.69, 9.17) is 22.1 Å². The second-order valence-corrected chi connectivity index (χ2v) is 4.49. The summed E-state index contributed by atoms with van der Waals surface area (Å²) in [5.74, 6) is -0.384. The third kappa shape index (κ3) is 3.19. The normalized spacial score (nSPS) is 10.2. The summed E-state index contributed by atoms with van der Waals surface area (Å²) in [7, 11) is 0. The molecular formula is C14H12ClFN2O2. The van der Waals surface area contributed by atoms with Crippen molar-refractivity contribution in [3.8, 4) is 11.5 Å². The zero-order valence-electron chi connectivity index (χ0n) is 10.6. The van der Waals surface area contributed by atoms with E-state index in [0.717, 1.165) is 6.07 Å². The van der Waals surface area contributed by atoms with Gasteiger partial charge in [-0.05, 0) is 18.2 Å². The van der Waals surface area contributed by atoms with Gasteiger partial charge in [-0.2, -0.15) is 0 Å². The highest BCUT2D eigenvalue weighted by Crippen LogP contribution is 2.35. The summed E-state index contributed by atoms with van der Waals surface area (Å²) in [6, 6.07) is 9.14. The Morgan fingerprint density at radius 1 is 1.30 bits per heavy atom. The van der Waals surface area contributed by atoms with Gasteiger partial charge in [0.05, 0.1) is 16.4 Å². The highest BCUT2D eigenvalue weighted by molar-refractivity contribution is 6.31. The minimum atomic E-state index is -0.632. The minimum Gasteiger partial charge on any atom is -0.453 e. The number of ether oxygens (including phenoxy) is 1. The van der Waals surface area contributed by atoms with Crippen LogP contribution in [0.2, 0.25) is 5.02 Å². The molecule has 2 aromatic rings. The van der Waals surface area contributed by atoms with Crippen LogP contribution >= 0.6 is 11.6 Å². The van der Waals surface area contributed by atoms with Crippen LogP contribution in [0.3, 0.4) is 0 Å². The second kappa shape index (κ2) is 5.79. The van der Waals surface area contributed by atoms with Gasteiger partial charge in [-0.15, -0.1) is 0 Å². The lowest BCUT2D eigenvalue weighted by molar-refractivity contribution is -0.114. The van der Waals surface area contributed by atoms with Crippen LogP contribution in [-0.4, -0.2) is 5.91 Å². The number of carbonyl (C=O) groups excluding carboxylic acids is 1. The van der Waals surface area contributed by atoms with Crippen molar-refractivity contribution in [1.29, 1.82) is 0 Å². The van der Waals surface area contributed by atoms with E-state index in [9.17, 15) is 9.18 Å². The lowest BCUT2D eigenvalue weighted by Gasteiger charge is -2.13. The van der Waals surface area contributed by atoms with E-state index in [2.05, 4.69) is 5.32 Å². The van der Waals surface area contributed by atoms with E-state index in [1.807, 2.05) is 0 Å². The molecule has 0 saturated carbocycles. The van der Waals surface area contributed by atoms with Gasteiger partial charge in [-0.25, -0.2) is 4.39 Å². The summed E-state index contributed by atoms with van der Waals surface area (Å²) in [5.41, 5.74) is 6.40. The van der Waals surface area contributed by atoms with E-state index in [1.165, 1.54) is 13.0 Å². The van der Waals surface area contributed by atoms with Gasteiger partial charge < -0.3 is 15.8 Å². The molecular weight excluding hydrogens is 283 g/mol. The highest BCUT2D eigenvalue weighted by atomic mass is 35.5. The fourth-order valence-corrected chi connectivity index (χ4v) is 1.77. The molecule has 0 radical (unpaired) electrons. The Labute approximate surface area is 120 Å². The number of hydrogen-bond donors (Lipinski definition) is 2. The average Bonchev–Trinajstić information content (AvgIpc) is 2.37. The largest absolute Gasteiger partial charge is 0.453 e. The molecule has 0 spiro atoms. The van der Waals surface area contributed by atoms with Gasteiger partial charge in [-0.1, -0.05) is 23.7 Å². The number of halogens is 2. The Bertz CT molecular complexity index is 662. The smallest absolute Gasteiger partial charge is 0.221 e. The van der Waals surface area contributed by atoms with Crippen LogP contribution < -0.4 is 15.8 Å². The number of para-hydroxylation sites is 2. The first-order chi connectivity index (χ1) is 9.47. The molecule has 0 unspecified atom stereocenters. The van der Waals surface area contributed by atoms with E-state index in [0.29, 0.717) is 11.4 Å². The fraction of sp³-hybridized carbons (Fsp3) is 0.0714. The van der Waals surface area contributed by atoms with Crippen LogP contribution in [0.25, 0.3) is 0 Å². The summed E-state index contributed by atoms with van der Waals surface area (Å²) in [4.78, 5) is 11.1. The minimum absolute atomic E-state index is 0.0787. The lowest BCUT2D eigenvalue weighted by atomic mass is 10.2. The maximum atomic E-state index is 13.4. The zero-order chi connectivity index (χ0) is 14.7. The fourth-order valence-electron chi connectivity index (χ4n) is 1.60. The van der Waals surface area contributed by atoms with Gasteiger partial charge in [0.25, 0.3) is 0 Å². The molecule has 0 fully saturated rings. The first kappa shape index (κ1) is 14.1. The molecule has 3 N–H and O–H groups in total. The predicted molar refractivity (Wildman–Crippen MR) is 76.6 cm³/mol. The van der Waals surface area contributed by atoms with Crippen LogP contribution in [0, 0.1) is 5.82 Å². The van der Waals surface area contributed by atoms with Crippen molar-refractivity contribution in [2.24, 2.45) is 0 Å². The quantitative estimate of drug-likeness (QED) is 0.846. The number of anilines is 2. The molecule has 0 aliphatic rings. The van der Waals surface area contributed by atoms with Gasteiger partial charge >= 0.3 is 0 Å². The van der Waals surface area contributed by atoms with Gasteiger partial charge in [0.1, 0.15) is 5.82 Å². The number of benzene rings is 2. The van der Waals surface area contributed by atoms with Crippen molar-refractivity contribution < 1.29 is 13.9 Å². The van der Waals surface area contributed by atoms with Crippen molar-refractivity contribution >= 4 is 28.9 Å². The monoisotopic (exact) mass is 294 g/mol. The van der Waals surface area contributed by atoms with Crippen molar-refractivity contribution in [2.45, 2.75) is 6.92 Å². The Balaban J connectivity index is 2.35. The number of hydrogen-bond acceptors (Lipinski definition) is 3. The SMILES string of the molecule is CC(=O)Nc1ccccc1Oc1cc(F)c(Cl)cc1N. The number of nitrogens with one attached hydrogen (secondary N) is 1. The summed E-state index contributed by atoms with van der Waals surface area (Å²) in [6.45, 7) is 1.38. The lowest BCUT2D eigenvalue weighted by Crippen LogP contribution is -2.07. The molecule has 0 heterocycles. The van der Waals surface area contributed by atoms with Gasteiger partial charge in [0.15, 0.2) is 11.5 Å². The van der Waals surface area contributed by atoms with Crippen molar-refractivity contribution in [3.05, 3.63) is 47.2 Å². The first-order valence-electron chi connectivity index (χ1n) is 5.76. The molecule has 0 aliphatic heterocycles. The Morgan fingerprint density at radius 2 is 2.00 bits per heavy atom. The van der Waals surface area contributed by atoms with Crippen LogP contribution in [0.4, 0.5) is 15.8 Å². The molecule has 0 atom stereocenters. The Kier molecular flexibility index (Phi) is 4.10. The average molecular weight is 295 g/mol. The van der Waals surface area contributed by atoms with Gasteiger partial charge in [0.2, 0.25) is 5.91 Å². The molecule has 20 heavy (non-hydrogen) atoms. The topological polar surface area (TPSA) is 64.3 Å². The van der Waals surface area contributed by atoms with Crippen molar-refractivity contribution in [1.82, 2.24) is 0 Å².